The number of hydrogen-bond acceptors (Lipinski definition) is 2. The van der Waals surface area contributed by atoms with Crippen LogP contribution in [0.5, 0.6) is 0 Å². The fourth-order valence-electron chi connectivity index (χ4n) is 3.59. The molecule has 3 rings (SSSR count). The molecule has 0 aliphatic heterocycles. The van der Waals surface area contributed by atoms with E-state index in [1.54, 1.807) is 0 Å². The molecule has 0 heterocycles. The van der Waals surface area contributed by atoms with Crippen LogP contribution >= 0.6 is 0 Å². The number of carbonyl (C=O) groups is 1. The Labute approximate surface area is 115 Å². The average Bonchev–Trinajstić information content (AvgIpc) is 3.02. The highest BCUT2D eigenvalue weighted by Gasteiger charge is 2.43. The van der Waals surface area contributed by atoms with Crippen molar-refractivity contribution in [3.8, 4) is 0 Å². The molecule has 1 aromatic carbocycles. The van der Waals surface area contributed by atoms with E-state index >= 15 is 0 Å². The minimum atomic E-state index is -0.552. The SMILES string of the molecule is CC(C)(C(=O)OC1CC2CCC1C2)c1ccccc1. The molecule has 0 N–H and O–H groups in total. The normalized spacial score (nSPS) is 29.5. The molecule has 0 saturated heterocycles. The maximum absolute atomic E-state index is 12.5. The van der Waals surface area contributed by atoms with Crippen LogP contribution in [0.25, 0.3) is 0 Å². The number of hydrogen-bond donors (Lipinski definition) is 0. The van der Waals surface area contributed by atoms with E-state index in [1.165, 1.54) is 19.3 Å². The molecule has 2 saturated carbocycles. The molecule has 102 valence electrons. The summed E-state index contributed by atoms with van der Waals surface area (Å²) in [6.45, 7) is 3.91. The fourth-order valence-corrected chi connectivity index (χ4v) is 3.59. The van der Waals surface area contributed by atoms with Gasteiger partial charge in [-0.15, -0.1) is 0 Å². The monoisotopic (exact) mass is 258 g/mol. The molecule has 3 unspecified atom stereocenters. The van der Waals surface area contributed by atoms with Crippen LogP contribution in [0.15, 0.2) is 30.3 Å². The first-order chi connectivity index (χ1) is 9.07. The number of rotatable bonds is 3. The summed E-state index contributed by atoms with van der Waals surface area (Å²) < 4.78 is 5.83. The Hall–Kier alpha value is -1.31. The molecule has 2 fully saturated rings. The number of ether oxygens (including phenoxy) is 1. The van der Waals surface area contributed by atoms with Crippen LogP contribution in [0.1, 0.15) is 45.1 Å². The van der Waals surface area contributed by atoms with Crippen LogP contribution in [-0.2, 0) is 14.9 Å². The van der Waals surface area contributed by atoms with Crippen molar-refractivity contribution >= 4 is 5.97 Å². The molecule has 1 aromatic rings. The van der Waals surface area contributed by atoms with Crippen molar-refractivity contribution in [2.24, 2.45) is 11.8 Å². The third-order valence-corrected chi connectivity index (χ3v) is 4.94. The molecule has 0 radical (unpaired) electrons. The van der Waals surface area contributed by atoms with Crippen LogP contribution in [0.2, 0.25) is 0 Å². The fraction of sp³-hybridized carbons (Fsp3) is 0.588. The summed E-state index contributed by atoms with van der Waals surface area (Å²) in [5.74, 6) is 1.36. The van der Waals surface area contributed by atoms with Gasteiger partial charge in [0.15, 0.2) is 0 Å². The Morgan fingerprint density at radius 1 is 1.16 bits per heavy atom. The Kier molecular flexibility index (Phi) is 3.12. The van der Waals surface area contributed by atoms with Gasteiger partial charge in [0, 0.05) is 0 Å². The number of carbonyl (C=O) groups excluding carboxylic acids is 1. The minimum absolute atomic E-state index is 0.0729. The zero-order valence-electron chi connectivity index (χ0n) is 11.8. The molecule has 19 heavy (non-hydrogen) atoms. The lowest BCUT2D eigenvalue weighted by molar-refractivity contribution is -0.157. The van der Waals surface area contributed by atoms with Gasteiger partial charge in [-0.2, -0.15) is 0 Å². The lowest BCUT2D eigenvalue weighted by atomic mass is 9.84. The summed E-state index contributed by atoms with van der Waals surface area (Å²) in [6, 6.07) is 9.93. The van der Waals surface area contributed by atoms with E-state index in [-0.39, 0.29) is 12.1 Å². The van der Waals surface area contributed by atoms with Crippen molar-refractivity contribution in [2.75, 3.05) is 0 Å². The predicted molar refractivity (Wildman–Crippen MR) is 74.8 cm³/mol. The molecular weight excluding hydrogens is 236 g/mol. The van der Waals surface area contributed by atoms with Crippen LogP contribution in [-0.4, -0.2) is 12.1 Å². The van der Waals surface area contributed by atoms with Gasteiger partial charge < -0.3 is 4.74 Å². The second-order valence-corrected chi connectivity index (χ2v) is 6.61. The highest BCUT2D eigenvalue weighted by molar-refractivity contribution is 5.82. The topological polar surface area (TPSA) is 26.3 Å². The Morgan fingerprint density at radius 2 is 1.89 bits per heavy atom. The van der Waals surface area contributed by atoms with Crippen LogP contribution < -0.4 is 0 Å². The summed E-state index contributed by atoms with van der Waals surface area (Å²) in [5.41, 5.74) is 0.478. The first kappa shape index (κ1) is 12.7. The lowest BCUT2D eigenvalue weighted by Gasteiger charge is -2.28. The maximum atomic E-state index is 12.5. The number of fused-ring (bicyclic) bond motifs is 2. The molecule has 0 aromatic heterocycles. The van der Waals surface area contributed by atoms with E-state index in [0.717, 1.165) is 17.9 Å². The minimum Gasteiger partial charge on any atom is -0.461 e. The van der Waals surface area contributed by atoms with Gasteiger partial charge in [0.1, 0.15) is 6.10 Å². The molecule has 2 aliphatic rings. The molecule has 2 heteroatoms. The Morgan fingerprint density at radius 3 is 2.47 bits per heavy atom. The second kappa shape index (κ2) is 4.66. The van der Waals surface area contributed by atoms with Gasteiger partial charge in [0.25, 0.3) is 0 Å². The zero-order valence-corrected chi connectivity index (χ0v) is 11.8. The second-order valence-electron chi connectivity index (χ2n) is 6.61. The van der Waals surface area contributed by atoms with Crippen LogP contribution in [0.3, 0.4) is 0 Å². The highest BCUT2D eigenvalue weighted by Crippen LogP contribution is 2.46. The summed E-state index contributed by atoms with van der Waals surface area (Å²) in [5, 5.41) is 0. The molecule has 2 nitrogen and oxygen atoms in total. The summed E-state index contributed by atoms with van der Waals surface area (Å²) >= 11 is 0. The van der Waals surface area contributed by atoms with Crippen molar-refractivity contribution < 1.29 is 9.53 Å². The van der Waals surface area contributed by atoms with Crippen LogP contribution in [0.4, 0.5) is 0 Å². The van der Waals surface area contributed by atoms with Gasteiger partial charge >= 0.3 is 5.97 Å². The van der Waals surface area contributed by atoms with E-state index in [2.05, 4.69) is 0 Å². The van der Waals surface area contributed by atoms with Crippen molar-refractivity contribution in [1.29, 1.82) is 0 Å². The maximum Gasteiger partial charge on any atom is 0.316 e. The van der Waals surface area contributed by atoms with Gasteiger partial charge in [-0.05, 0) is 56.9 Å². The molecule has 2 aliphatic carbocycles. The first-order valence-electron chi connectivity index (χ1n) is 7.34. The summed E-state index contributed by atoms with van der Waals surface area (Å²) in [7, 11) is 0. The van der Waals surface area contributed by atoms with Crippen molar-refractivity contribution in [1.82, 2.24) is 0 Å². The third kappa shape index (κ3) is 2.29. The quantitative estimate of drug-likeness (QED) is 0.773. The van der Waals surface area contributed by atoms with E-state index in [4.69, 9.17) is 4.74 Å². The molecule has 0 spiro atoms. The van der Waals surface area contributed by atoms with E-state index in [0.29, 0.717) is 5.92 Å². The van der Waals surface area contributed by atoms with Gasteiger partial charge in [-0.3, -0.25) is 4.79 Å². The molecular formula is C17H22O2. The van der Waals surface area contributed by atoms with Gasteiger partial charge in [-0.25, -0.2) is 0 Å². The van der Waals surface area contributed by atoms with Gasteiger partial charge in [0.2, 0.25) is 0 Å². The first-order valence-corrected chi connectivity index (χ1v) is 7.34. The largest absolute Gasteiger partial charge is 0.461 e. The lowest BCUT2D eigenvalue weighted by Crippen LogP contribution is -2.35. The number of benzene rings is 1. The predicted octanol–water partition coefficient (Wildman–Crippen LogP) is 3.70. The highest BCUT2D eigenvalue weighted by atomic mass is 16.5. The third-order valence-electron chi connectivity index (χ3n) is 4.94. The molecule has 2 bridgehead atoms. The summed E-state index contributed by atoms with van der Waals surface area (Å²) in [4.78, 5) is 12.5. The Bertz CT molecular complexity index is 463. The number of esters is 1. The molecule has 3 atom stereocenters. The van der Waals surface area contributed by atoms with Crippen molar-refractivity contribution in [3.63, 3.8) is 0 Å². The zero-order chi connectivity index (χ0) is 13.5. The van der Waals surface area contributed by atoms with Crippen molar-refractivity contribution in [2.45, 2.75) is 51.0 Å². The van der Waals surface area contributed by atoms with Gasteiger partial charge in [0.05, 0.1) is 5.41 Å². The smallest absolute Gasteiger partial charge is 0.316 e. The van der Waals surface area contributed by atoms with E-state index in [9.17, 15) is 4.79 Å². The molecule has 0 amide bonds. The standard InChI is InChI=1S/C17H22O2/c1-17(2,14-6-4-3-5-7-14)16(18)19-15-11-12-8-9-13(15)10-12/h3-7,12-13,15H,8-11H2,1-2H3. The van der Waals surface area contributed by atoms with E-state index in [1.807, 2.05) is 44.2 Å². The average molecular weight is 258 g/mol. The van der Waals surface area contributed by atoms with Crippen LogP contribution in [0, 0.1) is 11.8 Å². The Balaban J connectivity index is 1.70. The van der Waals surface area contributed by atoms with Crippen molar-refractivity contribution in [3.05, 3.63) is 35.9 Å². The summed E-state index contributed by atoms with van der Waals surface area (Å²) in [6.07, 6.45) is 5.11. The van der Waals surface area contributed by atoms with Gasteiger partial charge in [-0.1, -0.05) is 30.3 Å². The van der Waals surface area contributed by atoms with E-state index < -0.39 is 5.41 Å².